The van der Waals surface area contributed by atoms with Gasteiger partial charge in [0.1, 0.15) is 16.1 Å². The second-order valence-corrected chi connectivity index (χ2v) is 7.89. The number of thiol groups is 1. The van der Waals surface area contributed by atoms with Crippen molar-refractivity contribution in [3.63, 3.8) is 0 Å². The average molecular weight is 515 g/mol. The molecule has 30 heavy (non-hydrogen) atoms. The summed E-state index contributed by atoms with van der Waals surface area (Å²) < 4.78 is 27.6. The molecule has 6 nitrogen and oxygen atoms in total. The van der Waals surface area contributed by atoms with E-state index in [1.54, 1.807) is 24.3 Å². The number of halogens is 4. The highest BCUT2D eigenvalue weighted by molar-refractivity contribution is 9.10. The van der Waals surface area contributed by atoms with Gasteiger partial charge in [-0.1, -0.05) is 23.7 Å². The minimum absolute atomic E-state index is 0.0850. The lowest BCUT2D eigenvalue weighted by Crippen LogP contribution is -2.35. The lowest BCUT2D eigenvalue weighted by Gasteiger charge is -2.22. The van der Waals surface area contributed by atoms with Crippen LogP contribution >= 0.6 is 40.2 Å². The number of nitrogens with one attached hydrogen (secondary N) is 1. The van der Waals surface area contributed by atoms with Crippen LogP contribution in [0, 0.1) is 5.41 Å². The third-order valence-corrected chi connectivity index (χ3v) is 5.27. The van der Waals surface area contributed by atoms with Gasteiger partial charge in [-0.3, -0.25) is 15.1 Å². The molecule has 0 radical (unpaired) electrons. The molecule has 0 atom stereocenters. The van der Waals surface area contributed by atoms with Crippen molar-refractivity contribution < 1.29 is 13.6 Å². The van der Waals surface area contributed by atoms with Crippen LogP contribution in [0.2, 0.25) is 5.02 Å². The predicted molar refractivity (Wildman–Crippen MR) is 116 cm³/mol. The van der Waals surface area contributed by atoms with Crippen LogP contribution in [0.4, 0.5) is 8.78 Å². The lowest BCUT2D eigenvalue weighted by molar-refractivity contribution is 0.0862. The smallest absolute Gasteiger partial charge is 0.278 e. The molecule has 1 aromatic carbocycles. The molecule has 1 N–H and O–H groups in total. The van der Waals surface area contributed by atoms with Crippen LogP contribution in [-0.2, 0) is 6.42 Å². The second kappa shape index (κ2) is 9.23. The minimum Gasteiger partial charge on any atom is -0.294 e. The number of carbonyl (C=O) groups is 1. The highest BCUT2D eigenvalue weighted by Crippen LogP contribution is 2.25. The van der Waals surface area contributed by atoms with Crippen LogP contribution in [0.1, 0.15) is 21.6 Å². The maximum atomic E-state index is 13.2. The maximum absolute atomic E-state index is 13.2. The van der Waals surface area contributed by atoms with E-state index < -0.39 is 18.8 Å². The largest absolute Gasteiger partial charge is 0.294 e. The monoisotopic (exact) mass is 513 g/mol. The van der Waals surface area contributed by atoms with Gasteiger partial charge in [0.15, 0.2) is 5.82 Å². The zero-order chi connectivity index (χ0) is 22.0. The standard InChI is InChI=1S/C19H15BrClF2N5OS/c1-27(17(24)16-10(8-15(22)23)4-2-6-13(16)30)19(29)12-9-14(20)26-28(12)18-11(21)5-3-7-25-18/h2-7,9,15,24,30H,8H2,1H3. The van der Waals surface area contributed by atoms with Gasteiger partial charge < -0.3 is 0 Å². The van der Waals surface area contributed by atoms with E-state index in [9.17, 15) is 13.6 Å². The van der Waals surface area contributed by atoms with Crippen molar-refractivity contribution in [2.24, 2.45) is 0 Å². The molecular weight excluding hydrogens is 500 g/mol. The molecule has 0 saturated carbocycles. The summed E-state index contributed by atoms with van der Waals surface area (Å²) in [5.74, 6) is -0.627. The van der Waals surface area contributed by atoms with Crippen LogP contribution in [0.25, 0.3) is 5.82 Å². The molecule has 3 aromatic rings. The van der Waals surface area contributed by atoms with Crippen LogP contribution in [0.5, 0.6) is 0 Å². The SMILES string of the molecule is CN(C(=N)c1c(S)cccc1CC(F)F)C(=O)c1cc(Br)nn1-c1ncccc1Cl. The zero-order valence-corrected chi connectivity index (χ0v) is 18.7. The molecule has 0 aliphatic heterocycles. The van der Waals surface area contributed by atoms with Gasteiger partial charge in [0.25, 0.3) is 5.91 Å². The molecule has 2 aromatic heterocycles. The Bertz CT molecular complexity index is 1120. The summed E-state index contributed by atoms with van der Waals surface area (Å²) in [6.07, 6.45) is -1.65. The van der Waals surface area contributed by atoms with Gasteiger partial charge in [0.05, 0.1) is 5.02 Å². The fraction of sp³-hybridized carbons (Fsp3) is 0.158. The van der Waals surface area contributed by atoms with Gasteiger partial charge in [-0.2, -0.15) is 5.10 Å². The van der Waals surface area contributed by atoms with E-state index in [0.29, 0.717) is 9.50 Å². The van der Waals surface area contributed by atoms with E-state index in [-0.39, 0.29) is 33.5 Å². The molecule has 1 amide bonds. The van der Waals surface area contributed by atoms with E-state index in [1.165, 1.54) is 30.1 Å². The van der Waals surface area contributed by atoms with E-state index in [4.69, 9.17) is 17.0 Å². The van der Waals surface area contributed by atoms with Gasteiger partial charge in [-0.25, -0.2) is 18.4 Å². The number of hydrogen-bond acceptors (Lipinski definition) is 5. The third kappa shape index (κ3) is 4.55. The van der Waals surface area contributed by atoms with Crippen LogP contribution in [0.15, 0.2) is 52.1 Å². The van der Waals surface area contributed by atoms with Crippen LogP contribution in [-0.4, -0.2) is 44.9 Å². The summed E-state index contributed by atoms with van der Waals surface area (Å²) in [5, 5.41) is 13.0. The number of amides is 1. The highest BCUT2D eigenvalue weighted by atomic mass is 79.9. The van der Waals surface area contributed by atoms with Crippen molar-refractivity contribution in [1.29, 1.82) is 5.41 Å². The first-order chi connectivity index (χ1) is 14.2. The average Bonchev–Trinajstić information content (AvgIpc) is 3.08. The first-order valence-electron chi connectivity index (χ1n) is 8.53. The Labute approximate surface area is 189 Å². The van der Waals surface area contributed by atoms with Gasteiger partial charge in [-0.05, 0) is 39.7 Å². The number of pyridine rings is 1. The molecule has 0 saturated heterocycles. The second-order valence-electron chi connectivity index (χ2n) is 6.19. The number of hydrogen-bond donors (Lipinski definition) is 2. The summed E-state index contributed by atoms with van der Waals surface area (Å²) in [7, 11) is 1.38. The normalized spacial score (nSPS) is 11.0. The summed E-state index contributed by atoms with van der Waals surface area (Å²) in [6, 6.07) is 9.35. The first-order valence-corrected chi connectivity index (χ1v) is 10.1. The van der Waals surface area contributed by atoms with Gasteiger partial charge in [0.2, 0.25) is 6.43 Å². The molecular formula is C19H15BrClF2N5OS. The van der Waals surface area contributed by atoms with Crippen molar-refractivity contribution in [3.05, 3.63) is 69.0 Å². The van der Waals surface area contributed by atoms with Crippen molar-refractivity contribution >= 4 is 51.9 Å². The number of rotatable bonds is 5. The summed E-state index contributed by atoms with van der Waals surface area (Å²) in [6.45, 7) is 0. The lowest BCUT2D eigenvalue weighted by atomic mass is 10.0. The van der Waals surface area contributed by atoms with Gasteiger partial charge >= 0.3 is 0 Å². The van der Waals surface area contributed by atoms with E-state index in [0.717, 1.165) is 4.90 Å². The zero-order valence-electron chi connectivity index (χ0n) is 15.5. The van der Waals surface area contributed by atoms with Crippen LogP contribution < -0.4 is 0 Å². The summed E-state index contributed by atoms with van der Waals surface area (Å²) >= 11 is 13.7. The molecule has 0 aliphatic carbocycles. The van der Waals surface area contributed by atoms with Crippen molar-refractivity contribution in [1.82, 2.24) is 19.7 Å². The van der Waals surface area contributed by atoms with Crippen molar-refractivity contribution in [2.75, 3.05) is 7.05 Å². The van der Waals surface area contributed by atoms with Crippen molar-refractivity contribution in [3.8, 4) is 5.82 Å². The van der Waals surface area contributed by atoms with Gasteiger partial charge in [0, 0.05) is 36.2 Å². The number of carbonyl (C=O) groups excluding carboxylic acids is 1. The molecule has 0 unspecified atom stereocenters. The highest BCUT2D eigenvalue weighted by Gasteiger charge is 2.26. The molecule has 0 spiro atoms. The summed E-state index contributed by atoms with van der Waals surface area (Å²) in [4.78, 5) is 18.7. The third-order valence-electron chi connectivity index (χ3n) is 4.22. The van der Waals surface area contributed by atoms with Crippen molar-refractivity contribution in [2.45, 2.75) is 17.7 Å². The fourth-order valence-corrected chi connectivity index (χ4v) is 3.75. The topological polar surface area (TPSA) is 74.9 Å². The molecule has 0 fully saturated rings. The maximum Gasteiger partial charge on any atom is 0.278 e. The Kier molecular flexibility index (Phi) is 6.89. The Balaban J connectivity index is 2.01. The van der Waals surface area contributed by atoms with E-state index in [2.05, 4.69) is 38.6 Å². The fourth-order valence-electron chi connectivity index (χ4n) is 2.84. The number of aromatic nitrogens is 3. The first kappa shape index (κ1) is 22.4. The number of benzene rings is 1. The predicted octanol–water partition coefficient (Wildman–Crippen LogP) is 4.88. The number of alkyl halides is 2. The number of amidine groups is 1. The van der Waals surface area contributed by atoms with Crippen LogP contribution in [0.3, 0.4) is 0 Å². The van der Waals surface area contributed by atoms with E-state index >= 15 is 0 Å². The molecule has 11 heteroatoms. The Morgan fingerprint density at radius 2 is 2.10 bits per heavy atom. The van der Waals surface area contributed by atoms with Gasteiger partial charge in [-0.15, -0.1) is 12.6 Å². The van der Waals surface area contributed by atoms with E-state index in [1.807, 2.05) is 0 Å². The quantitative estimate of drug-likeness (QED) is 0.290. The summed E-state index contributed by atoms with van der Waals surface area (Å²) in [5.41, 5.74) is 0.476. The Hall–Kier alpha value is -2.30. The molecule has 0 aliphatic rings. The Morgan fingerprint density at radius 3 is 2.77 bits per heavy atom. The number of nitrogens with zero attached hydrogens (tertiary/aromatic N) is 4. The molecule has 0 bridgehead atoms. The molecule has 2 heterocycles. The Morgan fingerprint density at radius 1 is 1.37 bits per heavy atom. The minimum atomic E-state index is -2.60. The molecule has 3 rings (SSSR count). The molecule has 156 valence electrons.